The maximum atomic E-state index is 12.3. The number of halogens is 1. The van der Waals surface area contributed by atoms with E-state index in [1.807, 2.05) is 6.07 Å². The molecule has 0 aliphatic heterocycles. The fraction of sp³-hybridized carbons (Fsp3) is 0.154. The third kappa shape index (κ3) is 3.81. The van der Waals surface area contributed by atoms with Gasteiger partial charge >= 0.3 is 0 Å². The number of nitrogens with one attached hydrogen (secondary N) is 1. The van der Waals surface area contributed by atoms with Crippen LogP contribution >= 0.6 is 35.2 Å². The van der Waals surface area contributed by atoms with Crippen LogP contribution in [-0.4, -0.2) is 13.4 Å². The zero-order valence-electron chi connectivity index (χ0n) is 11.0. The van der Waals surface area contributed by atoms with Crippen LogP contribution in [0.2, 0.25) is 5.02 Å². The summed E-state index contributed by atoms with van der Waals surface area (Å²) in [4.78, 5) is 0.747. The smallest absolute Gasteiger partial charge is 0.250 e. The van der Waals surface area contributed by atoms with Gasteiger partial charge in [0.1, 0.15) is 9.20 Å². The Morgan fingerprint density at radius 1 is 1.33 bits per heavy atom. The van der Waals surface area contributed by atoms with Gasteiger partial charge < -0.3 is 5.73 Å². The minimum absolute atomic E-state index is 0.171. The van der Waals surface area contributed by atoms with Gasteiger partial charge in [-0.15, -0.1) is 11.3 Å². The number of benzene rings is 1. The first-order valence-corrected chi connectivity index (χ1v) is 9.06. The summed E-state index contributed by atoms with van der Waals surface area (Å²) < 4.78 is 27.4. The first kappa shape index (κ1) is 16.4. The molecule has 1 unspecified atom stereocenters. The van der Waals surface area contributed by atoms with E-state index in [9.17, 15) is 8.42 Å². The second kappa shape index (κ2) is 6.41. The maximum Gasteiger partial charge on any atom is 0.250 e. The van der Waals surface area contributed by atoms with Crippen molar-refractivity contribution in [3.8, 4) is 0 Å². The lowest BCUT2D eigenvalue weighted by Crippen LogP contribution is -2.26. The Morgan fingerprint density at radius 3 is 2.57 bits per heavy atom. The summed E-state index contributed by atoms with van der Waals surface area (Å²) in [6.45, 7) is 1.74. The van der Waals surface area contributed by atoms with Crippen LogP contribution in [0.3, 0.4) is 0 Å². The van der Waals surface area contributed by atoms with Crippen molar-refractivity contribution in [1.82, 2.24) is 4.72 Å². The SMILES string of the molecule is CC(NS(=O)(=O)c1ccc(C(N)=S)s1)c1ccccc1Cl. The Kier molecular flexibility index (Phi) is 5.00. The lowest BCUT2D eigenvalue weighted by atomic mass is 10.1. The first-order chi connectivity index (χ1) is 9.81. The molecule has 0 saturated carbocycles. The van der Waals surface area contributed by atoms with E-state index >= 15 is 0 Å². The largest absolute Gasteiger partial charge is 0.389 e. The Morgan fingerprint density at radius 2 is 2.00 bits per heavy atom. The first-order valence-electron chi connectivity index (χ1n) is 5.97. The molecule has 3 N–H and O–H groups in total. The minimum atomic E-state index is -3.64. The molecule has 0 fully saturated rings. The van der Waals surface area contributed by atoms with Gasteiger partial charge in [-0.1, -0.05) is 42.0 Å². The maximum absolute atomic E-state index is 12.3. The molecule has 0 aliphatic rings. The minimum Gasteiger partial charge on any atom is -0.389 e. The summed E-state index contributed by atoms with van der Waals surface area (Å²) >= 11 is 11.9. The van der Waals surface area contributed by atoms with Crippen LogP contribution in [-0.2, 0) is 10.0 Å². The van der Waals surface area contributed by atoms with E-state index in [4.69, 9.17) is 29.6 Å². The monoisotopic (exact) mass is 360 g/mol. The van der Waals surface area contributed by atoms with E-state index in [2.05, 4.69) is 4.72 Å². The summed E-state index contributed by atoms with van der Waals surface area (Å²) in [5, 5.41) is 0.516. The standard InChI is InChI=1S/C13H13ClN2O2S3/c1-8(9-4-2-3-5-10(9)14)16-21(17,18)12-7-6-11(20-12)13(15)19/h2-8,16H,1H3,(H2,15,19). The topological polar surface area (TPSA) is 72.2 Å². The van der Waals surface area contributed by atoms with Crippen LogP contribution < -0.4 is 10.5 Å². The molecule has 1 heterocycles. The number of nitrogens with two attached hydrogens (primary N) is 1. The zero-order chi connectivity index (χ0) is 15.6. The van der Waals surface area contributed by atoms with Crippen LogP contribution in [0.5, 0.6) is 0 Å². The summed E-state index contributed by atoms with van der Waals surface area (Å²) in [5.41, 5.74) is 6.21. The van der Waals surface area contributed by atoms with Crippen LogP contribution in [0.4, 0.5) is 0 Å². The van der Waals surface area contributed by atoms with Gasteiger partial charge in [0.15, 0.2) is 0 Å². The highest BCUT2D eigenvalue weighted by molar-refractivity contribution is 7.91. The van der Waals surface area contributed by atoms with Crippen molar-refractivity contribution in [3.05, 3.63) is 51.9 Å². The van der Waals surface area contributed by atoms with Gasteiger partial charge in [0, 0.05) is 11.1 Å². The molecular weight excluding hydrogens is 348 g/mol. The van der Waals surface area contributed by atoms with Crippen LogP contribution in [0.15, 0.2) is 40.6 Å². The third-order valence-corrected chi connectivity index (χ3v) is 6.64. The fourth-order valence-corrected chi connectivity index (χ4v) is 4.67. The summed E-state index contributed by atoms with van der Waals surface area (Å²) in [6.07, 6.45) is 0. The molecule has 112 valence electrons. The van der Waals surface area contributed by atoms with Crippen molar-refractivity contribution in [2.24, 2.45) is 5.73 Å². The Bertz CT molecular complexity index is 771. The highest BCUT2D eigenvalue weighted by Gasteiger charge is 2.21. The lowest BCUT2D eigenvalue weighted by Gasteiger charge is -2.15. The molecule has 0 amide bonds. The van der Waals surface area contributed by atoms with Gasteiger partial charge in [-0.3, -0.25) is 0 Å². The van der Waals surface area contributed by atoms with Gasteiger partial charge in [0.2, 0.25) is 0 Å². The van der Waals surface area contributed by atoms with Gasteiger partial charge in [-0.05, 0) is 30.7 Å². The normalized spacial score (nSPS) is 13.0. The van der Waals surface area contributed by atoms with Crippen molar-refractivity contribution in [1.29, 1.82) is 0 Å². The molecule has 2 rings (SSSR count). The van der Waals surface area contributed by atoms with E-state index in [1.165, 1.54) is 6.07 Å². The average molecular weight is 361 g/mol. The molecule has 0 saturated heterocycles. The van der Waals surface area contributed by atoms with Crippen molar-refractivity contribution >= 4 is 50.2 Å². The highest BCUT2D eigenvalue weighted by atomic mass is 35.5. The molecule has 0 spiro atoms. The van der Waals surface area contributed by atoms with E-state index in [-0.39, 0.29) is 9.20 Å². The van der Waals surface area contributed by atoms with Crippen LogP contribution in [0.25, 0.3) is 0 Å². The number of thiophene rings is 1. The molecule has 21 heavy (non-hydrogen) atoms. The Balaban J connectivity index is 2.24. The second-order valence-corrected chi connectivity index (χ2v) is 8.22. The van der Waals surface area contributed by atoms with E-state index < -0.39 is 16.1 Å². The van der Waals surface area contributed by atoms with Gasteiger partial charge in [0.25, 0.3) is 10.0 Å². The van der Waals surface area contributed by atoms with Crippen molar-refractivity contribution in [3.63, 3.8) is 0 Å². The average Bonchev–Trinajstić information content (AvgIpc) is 2.89. The highest BCUT2D eigenvalue weighted by Crippen LogP contribution is 2.26. The lowest BCUT2D eigenvalue weighted by molar-refractivity contribution is 0.569. The number of thiocarbonyl (C=S) groups is 1. The fourth-order valence-electron chi connectivity index (χ4n) is 1.78. The molecule has 1 atom stereocenters. The van der Waals surface area contributed by atoms with Crippen molar-refractivity contribution in [2.75, 3.05) is 0 Å². The summed E-state index contributed by atoms with van der Waals surface area (Å²) in [6, 6.07) is 9.74. The van der Waals surface area contributed by atoms with E-state index in [1.54, 1.807) is 31.2 Å². The molecular formula is C13H13ClN2O2S3. The zero-order valence-corrected chi connectivity index (χ0v) is 14.2. The Labute approximate surface area is 138 Å². The molecule has 1 aromatic heterocycles. The molecule has 0 bridgehead atoms. The molecule has 2 aromatic rings. The predicted octanol–water partition coefficient (Wildman–Crippen LogP) is 3.08. The van der Waals surface area contributed by atoms with E-state index in [0.717, 1.165) is 11.3 Å². The third-order valence-electron chi connectivity index (χ3n) is 2.79. The van der Waals surface area contributed by atoms with Gasteiger partial charge in [-0.25, -0.2) is 13.1 Å². The number of hydrogen-bond acceptors (Lipinski definition) is 4. The van der Waals surface area contributed by atoms with Gasteiger partial charge in [-0.2, -0.15) is 0 Å². The van der Waals surface area contributed by atoms with Crippen LogP contribution in [0, 0.1) is 0 Å². The molecule has 0 radical (unpaired) electrons. The summed E-state index contributed by atoms with van der Waals surface area (Å²) in [7, 11) is -3.64. The number of rotatable bonds is 5. The van der Waals surface area contributed by atoms with E-state index in [0.29, 0.717) is 15.5 Å². The van der Waals surface area contributed by atoms with Crippen molar-refractivity contribution < 1.29 is 8.42 Å². The molecule has 1 aromatic carbocycles. The van der Waals surface area contributed by atoms with Gasteiger partial charge in [0.05, 0.1) is 4.88 Å². The molecule has 8 heteroatoms. The molecule has 4 nitrogen and oxygen atoms in total. The molecule has 0 aliphatic carbocycles. The number of sulfonamides is 1. The van der Waals surface area contributed by atoms with Crippen LogP contribution in [0.1, 0.15) is 23.4 Å². The Hall–Kier alpha value is -0.990. The second-order valence-electron chi connectivity index (χ2n) is 4.35. The number of hydrogen-bond donors (Lipinski definition) is 2. The summed E-state index contributed by atoms with van der Waals surface area (Å²) in [5.74, 6) is 0. The quantitative estimate of drug-likeness (QED) is 0.804. The predicted molar refractivity (Wildman–Crippen MR) is 90.4 cm³/mol. The van der Waals surface area contributed by atoms with Crippen molar-refractivity contribution in [2.45, 2.75) is 17.2 Å².